The normalized spacial score (nSPS) is 12.7. The summed E-state index contributed by atoms with van der Waals surface area (Å²) in [6.07, 6.45) is 1.54. The van der Waals surface area contributed by atoms with E-state index in [1.807, 2.05) is 0 Å². The molecule has 150 valence electrons. The number of ketones is 2. The third kappa shape index (κ3) is 3.66. The molecule has 0 saturated carbocycles. The highest BCUT2D eigenvalue weighted by molar-refractivity contribution is 9.10. The molecule has 1 aliphatic rings. The number of fused-ring (bicyclic) bond motifs is 1. The van der Waals surface area contributed by atoms with Crippen LogP contribution in [-0.4, -0.2) is 18.7 Å². The van der Waals surface area contributed by atoms with E-state index in [0.29, 0.717) is 38.2 Å². The highest BCUT2D eigenvalue weighted by atomic mass is 79.9. The van der Waals surface area contributed by atoms with Gasteiger partial charge in [0.25, 0.3) is 0 Å². The lowest BCUT2D eigenvalue weighted by atomic mass is 10.1. The third-order valence-electron chi connectivity index (χ3n) is 4.83. The number of hydrogen-bond donors (Lipinski definition) is 0. The topological polar surface area (TPSA) is 52.6 Å². The van der Waals surface area contributed by atoms with E-state index in [9.17, 15) is 14.0 Å². The van der Waals surface area contributed by atoms with E-state index in [-0.39, 0.29) is 29.6 Å². The Labute approximate surface area is 181 Å². The molecule has 0 aromatic heterocycles. The highest BCUT2D eigenvalue weighted by Crippen LogP contribution is 2.36. The van der Waals surface area contributed by atoms with Gasteiger partial charge in [-0.1, -0.05) is 58.4 Å². The minimum Gasteiger partial charge on any atom is -0.493 e. The van der Waals surface area contributed by atoms with Gasteiger partial charge in [-0.2, -0.15) is 0 Å². The van der Waals surface area contributed by atoms with E-state index in [1.54, 1.807) is 54.6 Å². The Hall–Kier alpha value is -3.25. The lowest BCUT2D eigenvalue weighted by molar-refractivity contribution is 0.0990. The summed E-state index contributed by atoms with van der Waals surface area (Å²) in [5, 5.41) is 0. The molecule has 4 rings (SSSR count). The number of carbonyl (C=O) groups excluding carboxylic acids is 2. The molecular weight excluding hydrogens is 451 g/mol. The van der Waals surface area contributed by atoms with E-state index in [2.05, 4.69) is 15.9 Å². The molecule has 4 nitrogen and oxygen atoms in total. The minimum absolute atomic E-state index is 0.0300. The van der Waals surface area contributed by atoms with E-state index in [4.69, 9.17) is 9.47 Å². The monoisotopic (exact) mass is 466 g/mol. The van der Waals surface area contributed by atoms with Crippen molar-refractivity contribution < 1.29 is 23.5 Å². The van der Waals surface area contributed by atoms with Gasteiger partial charge in [0.2, 0.25) is 0 Å². The average Bonchev–Trinajstić information content (AvgIpc) is 2.99. The van der Waals surface area contributed by atoms with E-state index in [0.717, 1.165) is 0 Å². The molecule has 0 atom stereocenters. The summed E-state index contributed by atoms with van der Waals surface area (Å²) in [7, 11) is 1.48. The van der Waals surface area contributed by atoms with Gasteiger partial charge in [0.15, 0.2) is 23.1 Å². The fraction of sp³-hybridized carbons (Fsp3) is 0.0833. The number of benzene rings is 3. The molecule has 0 N–H and O–H groups in total. The van der Waals surface area contributed by atoms with Crippen molar-refractivity contribution in [2.75, 3.05) is 7.11 Å². The van der Waals surface area contributed by atoms with Crippen LogP contribution in [0.15, 0.2) is 70.7 Å². The number of halogens is 2. The van der Waals surface area contributed by atoms with Crippen LogP contribution in [0.25, 0.3) is 6.08 Å². The zero-order valence-electron chi connectivity index (χ0n) is 15.9. The van der Waals surface area contributed by atoms with Gasteiger partial charge >= 0.3 is 0 Å². The van der Waals surface area contributed by atoms with Crippen LogP contribution in [0.2, 0.25) is 0 Å². The number of ether oxygens (including phenoxy) is 2. The number of methoxy groups -OCH3 is 1. The molecule has 0 saturated heterocycles. The zero-order valence-corrected chi connectivity index (χ0v) is 17.5. The van der Waals surface area contributed by atoms with Gasteiger partial charge in [0.1, 0.15) is 12.4 Å². The summed E-state index contributed by atoms with van der Waals surface area (Å²) in [5.74, 6) is -0.156. The van der Waals surface area contributed by atoms with Gasteiger partial charge < -0.3 is 9.47 Å². The second-order valence-corrected chi connectivity index (χ2v) is 7.52. The number of Topliss-reactive ketones (excluding diaryl/α,β-unsaturated/α-hetero) is 2. The molecule has 30 heavy (non-hydrogen) atoms. The summed E-state index contributed by atoms with van der Waals surface area (Å²) < 4.78 is 25.6. The molecule has 0 fully saturated rings. The molecule has 0 aliphatic heterocycles. The summed E-state index contributed by atoms with van der Waals surface area (Å²) in [6.45, 7) is 0.0300. The molecular formula is C24H16BrFO4. The van der Waals surface area contributed by atoms with Crippen LogP contribution in [0.5, 0.6) is 11.5 Å². The van der Waals surface area contributed by atoms with Crippen LogP contribution in [0.3, 0.4) is 0 Å². The minimum atomic E-state index is -0.352. The first kappa shape index (κ1) is 20.0. The van der Waals surface area contributed by atoms with E-state index < -0.39 is 0 Å². The average molecular weight is 467 g/mol. The molecule has 3 aromatic carbocycles. The van der Waals surface area contributed by atoms with Gasteiger partial charge in [-0.05, 0) is 29.8 Å². The quantitative estimate of drug-likeness (QED) is 0.360. The predicted octanol–water partition coefficient (Wildman–Crippen LogP) is 5.64. The molecule has 0 bridgehead atoms. The predicted molar refractivity (Wildman–Crippen MR) is 115 cm³/mol. The van der Waals surface area contributed by atoms with Crippen LogP contribution < -0.4 is 9.47 Å². The SMILES string of the molecule is COc1cc(C=C2C(=O)c3ccccc3C2=O)c(Br)cc1OCc1ccccc1F. The molecule has 0 heterocycles. The smallest absolute Gasteiger partial charge is 0.197 e. The molecule has 0 spiro atoms. The van der Waals surface area contributed by atoms with Gasteiger partial charge in [-0.3, -0.25) is 9.59 Å². The first-order valence-electron chi connectivity index (χ1n) is 9.13. The van der Waals surface area contributed by atoms with Crippen molar-refractivity contribution in [2.24, 2.45) is 0 Å². The van der Waals surface area contributed by atoms with Gasteiger partial charge in [0, 0.05) is 21.2 Å². The van der Waals surface area contributed by atoms with Crippen LogP contribution in [-0.2, 0) is 6.61 Å². The summed E-state index contributed by atoms with van der Waals surface area (Å²) in [5.41, 5.74) is 1.92. The number of hydrogen-bond acceptors (Lipinski definition) is 4. The Morgan fingerprint density at radius 3 is 2.20 bits per heavy atom. The van der Waals surface area contributed by atoms with Crippen molar-refractivity contribution >= 4 is 33.6 Å². The van der Waals surface area contributed by atoms with E-state index in [1.165, 1.54) is 19.3 Å². The second kappa shape index (κ2) is 8.24. The number of allylic oxidation sites excluding steroid dienone is 1. The maximum atomic E-state index is 13.8. The van der Waals surface area contributed by atoms with E-state index >= 15 is 0 Å². The van der Waals surface area contributed by atoms with Gasteiger partial charge in [-0.15, -0.1) is 0 Å². The Bertz CT molecular complexity index is 1160. The van der Waals surface area contributed by atoms with Gasteiger partial charge in [-0.25, -0.2) is 4.39 Å². The first-order chi connectivity index (χ1) is 14.5. The maximum Gasteiger partial charge on any atom is 0.197 e. The maximum absolute atomic E-state index is 13.8. The second-order valence-electron chi connectivity index (χ2n) is 6.67. The summed E-state index contributed by atoms with van der Waals surface area (Å²) in [6, 6.07) is 16.4. The fourth-order valence-electron chi connectivity index (χ4n) is 3.26. The molecule has 0 radical (unpaired) electrons. The fourth-order valence-corrected chi connectivity index (χ4v) is 3.70. The van der Waals surface area contributed by atoms with Crippen LogP contribution in [0, 0.1) is 5.82 Å². The third-order valence-corrected chi connectivity index (χ3v) is 5.52. The van der Waals surface area contributed by atoms with Crippen LogP contribution in [0.4, 0.5) is 4.39 Å². The van der Waals surface area contributed by atoms with Crippen molar-refractivity contribution in [3.63, 3.8) is 0 Å². The van der Waals surface area contributed by atoms with Crippen molar-refractivity contribution in [1.29, 1.82) is 0 Å². The number of carbonyl (C=O) groups is 2. The molecule has 0 amide bonds. The van der Waals surface area contributed by atoms with Crippen molar-refractivity contribution in [2.45, 2.75) is 6.61 Å². The Kier molecular flexibility index (Phi) is 5.50. The molecule has 1 aliphatic carbocycles. The lowest BCUT2D eigenvalue weighted by Crippen LogP contribution is -2.02. The largest absolute Gasteiger partial charge is 0.493 e. The Balaban J connectivity index is 1.65. The summed E-state index contributed by atoms with van der Waals surface area (Å²) >= 11 is 3.46. The standard InChI is InChI=1S/C24H16BrFO4/c1-29-21-11-15(10-18-23(27)16-7-3-4-8-17(16)24(18)28)19(25)12-22(21)30-13-14-6-2-5-9-20(14)26/h2-12H,13H2,1H3. The Morgan fingerprint density at radius 2 is 1.57 bits per heavy atom. The van der Waals surface area contributed by atoms with Gasteiger partial charge in [0.05, 0.1) is 12.7 Å². The highest BCUT2D eigenvalue weighted by Gasteiger charge is 2.32. The van der Waals surface area contributed by atoms with Crippen LogP contribution >= 0.6 is 15.9 Å². The Morgan fingerprint density at radius 1 is 0.933 bits per heavy atom. The van der Waals surface area contributed by atoms with Crippen molar-refractivity contribution in [3.8, 4) is 11.5 Å². The van der Waals surface area contributed by atoms with Crippen LogP contribution in [0.1, 0.15) is 31.8 Å². The van der Waals surface area contributed by atoms with Crippen molar-refractivity contribution in [1.82, 2.24) is 0 Å². The molecule has 3 aromatic rings. The number of rotatable bonds is 5. The van der Waals surface area contributed by atoms with Crippen molar-refractivity contribution in [3.05, 3.63) is 98.8 Å². The molecule has 6 heteroatoms. The summed E-state index contributed by atoms with van der Waals surface area (Å²) in [4.78, 5) is 25.3. The zero-order chi connectivity index (χ0) is 21.3. The first-order valence-corrected chi connectivity index (χ1v) is 9.92. The molecule has 0 unspecified atom stereocenters. The lowest BCUT2D eigenvalue weighted by Gasteiger charge is -2.13.